The molecule has 0 bridgehead atoms. The number of hydrogen-bond acceptors (Lipinski definition) is 7. The van der Waals surface area contributed by atoms with E-state index in [0.717, 1.165) is 11.8 Å². The Morgan fingerprint density at radius 1 is 1.52 bits per heavy atom. The molecule has 0 aliphatic carbocycles. The van der Waals surface area contributed by atoms with Crippen LogP contribution in [0.25, 0.3) is 11.7 Å². The zero-order valence-corrected chi connectivity index (χ0v) is 11.9. The third kappa shape index (κ3) is 2.77. The molecule has 2 aromatic rings. The molecule has 1 saturated heterocycles. The maximum Gasteiger partial charge on any atom is 0.324 e. The number of urea groups is 1. The van der Waals surface area contributed by atoms with Crippen LogP contribution in [0, 0.1) is 0 Å². The van der Waals surface area contributed by atoms with Crippen molar-refractivity contribution in [3.63, 3.8) is 0 Å². The molecule has 1 aliphatic heterocycles. The maximum atomic E-state index is 12.1. The summed E-state index contributed by atoms with van der Waals surface area (Å²) in [5.74, 6) is 0.432. The minimum atomic E-state index is -0.501. The van der Waals surface area contributed by atoms with E-state index >= 15 is 0 Å². The number of hydrogen-bond donors (Lipinski definition) is 1. The number of rotatable bonds is 4. The molecule has 0 aromatic carbocycles. The zero-order valence-electron chi connectivity index (χ0n) is 11.1. The molecule has 1 N–H and O–H groups in total. The van der Waals surface area contributed by atoms with E-state index in [1.165, 1.54) is 11.2 Å². The molecule has 1 aliphatic rings. The molecule has 1 atom stereocenters. The Hall–Kier alpha value is -2.29. The van der Waals surface area contributed by atoms with Gasteiger partial charge >= 0.3 is 6.03 Å². The Morgan fingerprint density at radius 2 is 2.38 bits per heavy atom. The number of furan rings is 1. The van der Waals surface area contributed by atoms with Crippen molar-refractivity contribution in [2.24, 2.45) is 0 Å². The van der Waals surface area contributed by atoms with E-state index in [-0.39, 0.29) is 23.1 Å². The molecule has 21 heavy (non-hydrogen) atoms. The minimum absolute atomic E-state index is 0.251. The average molecular weight is 308 g/mol. The summed E-state index contributed by atoms with van der Waals surface area (Å²) in [6.45, 7) is 2.55. The van der Waals surface area contributed by atoms with Gasteiger partial charge in [0.2, 0.25) is 5.91 Å². The molecule has 0 radical (unpaired) electrons. The van der Waals surface area contributed by atoms with Gasteiger partial charge in [-0.05, 0) is 19.1 Å². The fourth-order valence-electron chi connectivity index (χ4n) is 1.86. The van der Waals surface area contributed by atoms with Crippen LogP contribution in [0.15, 0.2) is 32.5 Å². The Kier molecular flexibility index (Phi) is 3.65. The van der Waals surface area contributed by atoms with E-state index in [4.69, 9.17) is 8.83 Å². The van der Waals surface area contributed by atoms with Crippen LogP contribution < -0.4 is 5.32 Å². The number of imide groups is 1. The quantitative estimate of drug-likeness (QED) is 0.851. The first-order chi connectivity index (χ1) is 10.1. The Labute approximate surface area is 123 Å². The summed E-state index contributed by atoms with van der Waals surface area (Å²) < 4.78 is 10.6. The molecule has 0 unspecified atom stereocenters. The first kappa shape index (κ1) is 13.7. The summed E-state index contributed by atoms with van der Waals surface area (Å²) in [5.41, 5.74) is 0. The van der Waals surface area contributed by atoms with Crippen molar-refractivity contribution in [3.05, 3.63) is 18.4 Å². The lowest BCUT2D eigenvalue weighted by molar-refractivity contribution is -0.126. The van der Waals surface area contributed by atoms with Gasteiger partial charge in [0, 0.05) is 13.1 Å². The molecular formula is C12H12N4O4S. The molecule has 0 saturated carbocycles. The van der Waals surface area contributed by atoms with Crippen LogP contribution >= 0.6 is 11.8 Å². The number of aromatic nitrogens is 2. The lowest BCUT2D eigenvalue weighted by Crippen LogP contribution is -2.38. The van der Waals surface area contributed by atoms with Crippen molar-refractivity contribution in [2.75, 3.05) is 13.1 Å². The third-order valence-corrected chi connectivity index (χ3v) is 3.81. The van der Waals surface area contributed by atoms with Crippen LogP contribution in [-0.4, -0.2) is 45.4 Å². The van der Waals surface area contributed by atoms with E-state index in [0.29, 0.717) is 18.8 Å². The molecule has 8 nitrogen and oxygen atoms in total. The predicted molar refractivity (Wildman–Crippen MR) is 72.4 cm³/mol. The Bertz CT molecular complexity index is 654. The number of carbonyl (C=O) groups is 2. The van der Waals surface area contributed by atoms with E-state index in [1.54, 1.807) is 19.1 Å². The number of amides is 3. The van der Waals surface area contributed by atoms with Gasteiger partial charge in [0.1, 0.15) is 0 Å². The Balaban J connectivity index is 1.66. The highest BCUT2D eigenvalue weighted by molar-refractivity contribution is 8.00. The molecule has 9 heteroatoms. The van der Waals surface area contributed by atoms with Gasteiger partial charge in [0.25, 0.3) is 11.1 Å². The van der Waals surface area contributed by atoms with Crippen molar-refractivity contribution in [1.29, 1.82) is 0 Å². The summed E-state index contributed by atoms with van der Waals surface area (Å²) >= 11 is 1.11. The number of nitrogens with zero attached hydrogens (tertiary/aromatic N) is 3. The monoisotopic (exact) mass is 308 g/mol. The highest BCUT2D eigenvalue weighted by Gasteiger charge is 2.31. The first-order valence-corrected chi connectivity index (χ1v) is 7.16. The van der Waals surface area contributed by atoms with Crippen LogP contribution in [0.4, 0.5) is 4.79 Å². The first-order valence-electron chi connectivity index (χ1n) is 6.28. The maximum absolute atomic E-state index is 12.1. The molecule has 3 heterocycles. The summed E-state index contributed by atoms with van der Waals surface area (Å²) in [7, 11) is 0. The fraction of sp³-hybridized carbons (Fsp3) is 0.333. The summed E-state index contributed by atoms with van der Waals surface area (Å²) in [6, 6.07) is 3.05. The second-order valence-corrected chi connectivity index (χ2v) is 5.62. The van der Waals surface area contributed by atoms with Crippen LogP contribution in [0.1, 0.15) is 6.92 Å². The summed E-state index contributed by atoms with van der Waals surface area (Å²) in [5, 5.41) is 10.0. The van der Waals surface area contributed by atoms with Crippen molar-refractivity contribution in [2.45, 2.75) is 17.4 Å². The molecule has 2 aromatic heterocycles. The largest absolute Gasteiger partial charge is 0.459 e. The highest BCUT2D eigenvalue weighted by atomic mass is 32.2. The summed E-state index contributed by atoms with van der Waals surface area (Å²) in [4.78, 5) is 24.8. The molecule has 110 valence electrons. The second kappa shape index (κ2) is 5.60. The predicted octanol–water partition coefficient (Wildman–Crippen LogP) is 1.36. The number of thioether (sulfide) groups is 1. The van der Waals surface area contributed by atoms with Gasteiger partial charge in [-0.15, -0.1) is 10.2 Å². The van der Waals surface area contributed by atoms with Crippen molar-refractivity contribution in [1.82, 2.24) is 20.4 Å². The lowest BCUT2D eigenvalue weighted by atomic mass is 10.4. The van der Waals surface area contributed by atoms with Gasteiger partial charge in [0.05, 0.1) is 11.5 Å². The average Bonchev–Trinajstić information content (AvgIpc) is 3.17. The van der Waals surface area contributed by atoms with Crippen LogP contribution in [0.2, 0.25) is 0 Å². The second-order valence-electron chi connectivity index (χ2n) is 4.33. The van der Waals surface area contributed by atoms with Gasteiger partial charge in [-0.2, -0.15) is 0 Å². The number of carbonyl (C=O) groups excluding carboxylic acids is 2. The topological polar surface area (TPSA) is 101 Å². The van der Waals surface area contributed by atoms with Gasteiger partial charge in [0.15, 0.2) is 5.76 Å². The van der Waals surface area contributed by atoms with E-state index in [1.807, 2.05) is 0 Å². The molecule has 1 fully saturated rings. The van der Waals surface area contributed by atoms with E-state index in [2.05, 4.69) is 15.5 Å². The SMILES string of the molecule is C[C@H](Sc1nnc(-c2ccco2)o1)C(=O)N1CCNC1=O. The molecular weight excluding hydrogens is 296 g/mol. The van der Waals surface area contributed by atoms with Crippen molar-refractivity contribution in [3.8, 4) is 11.7 Å². The van der Waals surface area contributed by atoms with Crippen LogP contribution in [-0.2, 0) is 4.79 Å². The zero-order chi connectivity index (χ0) is 14.8. The summed E-state index contributed by atoms with van der Waals surface area (Å²) in [6.07, 6.45) is 1.50. The Morgan fingerprint density at radius 3 is 3.05 bits per heavy atom. The van der Waals surface area contributed by atoms with Gasteiger partial charge in [-0.1, -0.05) is 11.8 Å². The minimum Gasteiger partial charge on any atom is -0.459 e. The standard InChI is InChI=1S/C12H12N4O4S/c1-7(10(17)16-5-4-13-11(16)18)21-12-15-14-9(20-12)8-3-2-6-19-8/h2-3,6-7H,4-5H2,1H3,(H,13,18)/t7-/m0/s1. The lowest BCUT2D eigenvalue weighted by Gasteiger charge is -2.15. The van der Waals surface area contributed by atoms with Crippen molar-refractivity contribution >= 4 is 23.7 Å². The van der Waals surface area contributed by atoms with E-state index < -0.39 is 5.25 Å². The van der Waals surface area contributed by atoms with Crippen molar-refractivity contribution < 1.29 is 18.4 Å². The van der Waals surface area contributed by atoms with Gasteiger partial charge in [-0.3, -0.25) is 9.69 Å². The molecule has 3 amide bonds. The van der Waals surface area contributed by atoms with Crippen LogP contribution in [0.5, 0.6) is 0 Å². The van der Waals surface area contributed by atoms with Gasteiger partial charge < -0.3 is 14.2 Å². The van der Waals surface area contributed by atoms with E-state index in [9.17, 15) is 9.59 Å². The smallest absolute Gasteiger partial charge is 0.324 e. The molecule has 0 spiro atoms. The molecule has 3 rings (SSSR count). The highest BCUT2D eigenvalue weighted by Crippen LogP contribution is 2.27. The number of nitrogens with one attached hydrogen (secondary N) is 1. The van der Waals surface area contributed by atoms with Gasteiger partial charge in [-0.25, -0.2) is 4.79 Å². The normalized spacial score (nSPS) is 16.0. The third-order valence-electron chi connectivity index (χ3n) is 2.89. The fourth-order valence-corrected chi connectivity index (χ4v) is 2.61. The van der Waals surface area contributed by atoms with Crippen LogP contribution in [0.3, 0.4) is 0 Å².